The van der Waals surface area contributed by atoms with E-state index in [-0.39, 0.29) is 0 Å². The summed E-state index contributed by atoms with van der Waals surface area (Å²) in [6.07, 6.45) is 10.8. The maximum Gasteiger partial charge on any atom is 0.0621 e. The van der Waals surface area contributed by atoms with Crippen LogP contribution in [0.15, 0.2) is 0 Å². The molecule has 0 spiro atoms. The van der Waals surface area contributed by atoms with Crippen molar-refractivity contribution in [2.75, 3.05) is 20.8 Å². The van der Waals surface area contributed by atoms with Gasteiger partial charge < -0.3 is 9.47 Å². The van der Waals surface area contributed by atoms with Crippen molar-refractivity contribution in [2.24, 2.45) is 5.92 Å². The Balaban J connectivity index is 3.65. The molecule has 0 aromatic carbocycles. The third-order valence-electron chi connectivity index (χ3n) is 3.58. The van der Waals surface area contributed by atoms with E-state index in [1.54, 1.807) is 7.11 Å². The molecule has 17 heavy (non-hydrogen) atoms. The molecule has 0 aliphatic rings. The van der Waals surface area contributed by atoms with E-state index >= 15 is 0 Å². The highest BCUT2D eigenvalue weighted by atomic mass is 16.5. The molecule has 2 unspecified atom stereocenters. The monoisotopic (exact) mass is 244 g/mol. The standard InChI is InChI=1S/C15H32O2/c1-5-7-8-9-10-11-12-15(17-4)14(6-2)13-16-3/h14-15H,5-13H2,1-4H3. The van der Waals surface area contributed by atoms with Crippen LogP contribution in [0.1, 0.15) is 65.2 Å². The molecular weight excluding hydrogens is 212 g/mol. The van der Waals surface area contributed by atoms with Crippen LogP contribution in [0.2, 0.25) is 0 Å². The van der Waals surface area contributed by atoms with Crippen LogP contribution < -0.4 is 0 Å². The van der Waals surface area contributed by atoms with Gasteiger partial charge in [-0.2, -0.15) is 0 Å². The van der Waals surface area contributed by atoms with Crippen molar-refractivity contribution >= 4 is 0 Å². The third-order valence-corrected chi connectivity index (χ3v) is 3.58. The summed E-state index contributed by atoms with van der Waals surface area (Å²) in [6.45, 7) is 5.30. The molecule has 104 valence electrons. The summed E-state index contributed by atoms with van der Waals surface area (Å²) in [7, 11) is 3.61. The summed E-state index contributed by atoms with van der Waals surface area (Å²) < 4.78 is 10.9. The maximum absolute atomic E-state index is 5.60. The van der Waals surface area contributed by atoms with Gasteiger partial charge in [-0.3, -0.25) is 0 Å². The average Bonchev–Trinajstić information content (AvgIpc) is 2.36. The van der Waals surface area contributed by atoms with Gasteiger partial charge in [-0.1, -0.05) is 52.4 Å². The van der Waals surface area contributed by atoms with Gasteiger partial charge in [0, 0.05) is 20.1 Å². The molecule has 0 aromatic heterocycles. The van der Waals surface area contributed by atoms with Gasteiger partial charge in [0.15, 0.2) is 0 Å². The zero-order valence-corrected chi connectivity index (χ0v) is 12.3. The van der Waals surface area contributed by atoms with Crippen molar-refractivity contribution in [1.82, 2.24) is 0 Å². The SMILES string of the molecule is CCCCCCCCC(OC)C(CC)COC. The fourth-order valence-corrected chi connectivity index (χ4v) is 2.37. The number of methoxy groups -OCH3 is 2. The predicted octanol–water partition coefficient (Wildman–Crippen LogP) is 4.42. The minimum Gasteiger partial charge on any atom is -0.384 e. The normalized spacial score (nSPS) is 14.8. The van der Waals surface area contributed by atoms with Crippen molar-refractivity contribution < 1.29 is 9.47 Å². The van der Waals surface area contributed by atoms with Gasteiger partial charge in [-0.05, 0) is 12.8 Å². The Kier molecular flexibility index (Phi) is 12.3. The second kappa shape index (κ2) is 12.4. The minimum absolute atomic E-state index is 0.381. The number of rotatable bonds is 12. The molecule has 2 nitrogen and oxygen atoms in total. The number of ether oxygens (including phenoxy) is 2. The second-order valence-electron chi connectivity index (χ2n) is 4.95. The predicted molar refractivity (Wildman–Crippen MR) is 74.4 cm³/mol. The molecule has 0 aliphatic heterocycles. The van der Waals surface area contributed by atoms with E-state index in [1.165, 1.54) is 44.9 Å². The fourth-order valence-electron chi connectivity index (χ4n) is 2.37. The molecule has 0 heterocycles. The molecule has 0 fully saturated rings. The lowest BCUT2D eigenvalue weighted by Gasteiger charge is -2.24. The summed E-state index contributed by atoms with van der Waals surface area (Å²) >= 11 is 0. The van der Waals surface area contributed by atoms with Gasteiger partial charge in [-0.25, -0.2) is 0 Å². The number of hydrogen-bond acceptors (Lipinski definition) is 2. The van der Waals surface area contributed by atoms with Gasteiger partial charge in [0.25, 0.3) is 0 Å². The van der Waals surface area contributed by atoms with Gasteiger partial charge in [-0.15, -0.1) is 0 Å². The van der Waals surface area contributed by atoms with E-state index < -0.39 is 0 Å². The van der Waals surface area contributed by atoms with E-state index in [9.17, 15) is 0 Å². The van der Waals surface area contributed by atoms with Crippen LogP contribution in [0.4, 0.5) is 0 Å². The Bertz CT molecular complexity index is 148. The van der Waals surface area contributed by atoms with E-state index in [0.29, 0.717) is 12.0 Å². The second-order valence-corrected chi connectivity index (χ2v) is 4.95. The molecule has 0 saturated carbocycles. The fraction of sp³-hybridized carbons (Fsp3) is 1.00. The van der Waals surface area contributed by atoms with Crippen molar-refractivity contribution in [1.29, 1.82) is 0 Å². The highest BCUT2D eigenvalue weighted by Gasteiger charge is 2.18. The maximum atomic E-state index is 5.60. The number of unbranched alkanes of at least 4 members (excludes halogenated alkanes) is 5. The Morgan fingerprint density at radius 1 is 0.882 bits per heavy atom. The van der Waals surface area contributed by atoms with E-state index in [1.807, 2.05) is 7.11 Å². The van der Waals surface area contributed by atoms with Crippen LogP contribution >= 0.6 is 0 Å². The first kappa shape index (κ1) is 16.9. The summed E-state index contributed by atoms with van der Waals surface area (Å²) in [5, 5.41) is 0. The van der Waals surface area contributed by atoms with E-state index in [2.05, 4.69) is 13.8 Å². The van der Waals surface area contributed by atoms with Crippen LogP contribution in [0.25, 0.3) is 0 Å². The summed E-state index contributed by atoms with van der Waals surface area (Å²) in [4.78, 5) is 0. The van der Waals surface area contributed by atoms with Crippen molar-refractivity contribution in [3.05, 3.63) is 0 Å². The van der Waals surface area contributed by atoms with Crippen molar-refractivity contribution in [3.63, 3.8) is 0 Å². The van der Waals surface area contributed by atoms with Crippen LogP contribution in [0.3, 0.4) is 0 Å². The molecule has 0 saturated heterocycles. The summed E-state index contributed by atoms with van der Waals surface area (Å²) in [6, 6.07) is 0. The lowest BCUT2D eigenvalue weighted by molar-refractivity contribution is 0.00659. The van der Waals surface area contributed by atoms with Crippen molar-refractivity contribution in [3.8, 4) is 0 Å². The molecule has 2 heteroatoms. The molecular formula is C15H32O2. The quantitative estimate of drug-likeness (QED) is 0.473. The Labute approximate surface area is 108 Å². The van der Waals surface area contributed by atoms with Crippen LogP contribution in [0.5, 0.6) is 0 Å². The van der Waals surface area contributed by atoms with Crippen LogP contribution in [-0.4, -0.2) is 26.9 Å². The van der Waals surface area contributed by atoms with Crippen LogP contribution in [-0.2, 0) is 9.47 Å². The number of hydrogen-bond donors (Lipinski definition) is 0. The third kappa shape index (κ3) is 8.62. The molecule has 2 atom stereocenters. The first-order chi connectivity index (χ1) is 8.29. The molecule has 0 bridgehead atoms. The van der Waals surface area contributed by atoms with E-state index in [4.69, 9.17) is 9.47 Å². The minimum atomic E-state index is 0.381. The highest BCUT2D eigenvalue weighted by Crippen LogP contribution is 2.19. The highest BCUT2D eigenvalue weighted by molar-refractivity contribution is 4.69. The van der Waals surface area contributed by atoms with Crippen molar-refractivity contribution in [2.45, 2.75) is 71.3 Å². The Morgan fingerprint density at radius 2 is 1.53 bits per heavy atom. The van der Waals surface area contributed by atoms with E-state index in [0.717, 1.165) is 13.0 Å². The van der Waals surface area contributed by atoms with Gasteiger partial charge in [0.05, 0.1) is 12.7 Å². The molecule has 0 aromatic rings. The van der Waals surface area contributed by atoms with Gasteiger partial charge in [0.1, 0.15) is 0 Å². The summed E-state index contributed by atoms with van der Waals surface area (Å²) in [5.41, 5.74) is 0. The topological polar surface area (TPSA) is 18.5 Å². The lowest BCUT2D eigenvalue weighted by Crippen LogP contribution is -2.26. The zero-order chi connectivity index (χ0) is 12.9. The van der Waals surface area contributed by atoms with Gasteiger partial charge in [0.2, 0.25) is 0 Å². The molecule has 0 radical (unpaired) electrons. The molecule has 0 rings (SSSR count). The lowest BCUT2D eigenvalue weighted by atomic mass is 9.95. The Hall–Kier alpha value is -0.0800. The van der Waals surface area contributed by atoms with Crippen LogP contribution in [0, 0.1) is 5.92 Å². The zero-order valence-electron chi connectivity index (χ0n) is 12.3. The molecule has 0 aliphatic carbocycles. The first-order valence-electron chi connectivity index (χ1n) is 7.31. The first-order valence-corrected chi connectivity index (χ1v) is 7.31. The molecule has 0 N–H and O–H groups in total. The smallest absolute Gasteiger partial charge is 0.0621 e. The molecule has 0 amide bonds. The largest absolute Gasteiger partial charge is 0.384 e. The van der Waals surface area contributed by atoms with Gasteiger partial charge >= 0.3 is 0 Å². The summed E-state index contributed by atoms with van der Waals surface area (Å²) in [5.74, 6) is 0.556. The average molecular weight is 244 g/mol. The Morgan fingerprint density at radius 3 is 2.06 bits per heavy atom.